The molecule has 10 nitrogen and oxygen atoms in total. The summed E-state index contributed by atoms with van der Waals surface area (Å²) in [5.74, 6) is 1.63. The van der Waals surface area contributed by atoms with Crippen LogP contribution >= 0.6 is 0 Å². The number of guanidine groups is 2. The van der Waals surface area contributed by atoms with E-state index in [1.54, 1.807) is 0 Å². The largest absolute Gasteiger partial charge is 0.494 e. The Morgan fingerprint density at radius 1 is 0.595 bits per heavy atom. The highest BCUT2D eigenvalue weighted by Gasteiger charge is 2.09. The molecule has 0 unspecified atom stereocenters. The number of allylic oxidation sites excluding steroid dienone is 2. The Morgan fingerprint density at radius 2 is 0.952 bits per heavy atom. The van der Waals surface area contributed by atoms with Gasteiger partial charge >= 0.3 is 12.1 Å². The van der Waals surface area contributed by atoms with Crippen LogP contribution in [0.2, 0.25) is 0 Å². The van der Waals surface area contributed by atoms with Crippen molar-refractivity contribution >= 4 is 35.2 Å². The van der Waals surface area contributed by atoms with Gasteiger partial charge in [0.25, 0.3) is 0 Å². The van der Waals surface area contributed by atoms with Gasteiger partial charge in [-0.05, 0) is 58.7 Å². The van der Waals surface area contributed by atoms with E-state index in [1.807, 2.05) is 84.9 Å². The van der Waals surface area contributed by atoms with Crippen molar-refractivity contribution < 1.29 is 20.0 Å². The lowest BCUT2D eigenvalue weighted by atomic mass is 9.99. The Kier molecular flexibility index (Phi) is 12.0. The summed E-state index contributed by atoms with van der Waals surface area (Å²) in [5.41, 5.74) is 26.0. The molecule has 0 aliphatic carbocycles. The van der Waals surface area contributed by atoms with E-state index in [1.165, 1.54) is 0 Å². The average molecular weight is 565 g/mol. The van der Waals surface area contributed by atoms with Crippen LogP contribution in [-0.4, -0.2) is 38.2 Å². The molecule has 10 heteroatoms. The fraction of sp³-hybridized carbons (Fsp3) is 0.188. The number of nitrogens with one attached hydrogen (secondary N) is 2. The van der Waals surface area contributed by atoms with Crippen molar-refractivity contribution in [2.45, 2.75) is 12.8 Å². The number of ether oxygens (including phenoxy) is 2. The highest BCUT2D eigenvalue weighted by atomic mass is 16.5. The second kappa shape index (κ2) is 16.4. The number of hydrogen-bond donors (Lipinski definition) is 6. The molecule has 0 radical (unpaired) electrons. The molecule has 3 aromatic carbocycles. The number of rotatable bonds is 14. The van der Waals surface area contributed by atoms with Crippen LogP contribution in [0.4, 0.5) is 0 Å². The summed E-state index contributed by atoms with van der Waals surface area (Å²) < 4.78 is 11.4. The molecule has 0 amide bonds. The van der Waals surface area contributed by atoms with Gasteiger partial charge in [0.15, 0.2) is 11.9 Å². The molecule has 0 atom stereocenters. The minimum Gasteiger partial charge on any atom is -0.494 e. The molecule has 214 valence electrons. The lowest BCUT2D eigenvalue weighted by Gasteiger charge is -2.06. The zero-order chi connectivity index (χ0) is 30.2. The molecule has 0 heterocycles. The number of aliphatic imine (C=N–C) groups is 2. The summed E-state index contributed by atoms with van der Waals surface area (Å²) in [4.78, 5) is 7.86. The van der Waals surface area contributed by atoms with Crippen molar-refractivity contribution in [3.05, 3.63) is 95.1 Å². The van der Waals surface area contributed by atoms with Gasteiger partial charge < -0.3 is 32.4 Å². The lowest BCUT2D eigenvalue weighted by molar-refractivity contribution is -0.0902. The van der Waals surface area contributed by atoms with Crippen molar-refractivity contribution in [2.24, 2.45) is 32.9 Å². The van der Waals surface area contributed by atoms with E-state index in [0.717, 1.165) is 33.8 Å². The van der Waals surface area contributed by atoms with E-state index in [9.17, 15) is 0 Å². The summed E-state index contributed by atoms with van der Waals surface area (Å²) in [6, 6.07) is 27.9. The Labute approximate surface area is 245 Å². The van der Waals surface area contributed by atoms with Crippen LogP contribution in [0.15, 0.2) is 82.8 Å². The van der Waals surface area contributed by atoms with Crippen LogP contribution in [0.1, 0.15) is 35.1 Å². The molecule has 0 aromatic heterocycles. The monoisotopic (exact) mass is 564 g/mol. The molecule has 0 saturated carbocycles. The van der Waals surface area contributed by atoms with E-state index < -0.39 is 0 Å². The van der Waals surface area contributed by atoms with Gasteiger partial charge in [-0.3, -0.25) is 9.98 Å². The summed E-state index contributed by atoms with van der Waals surface area (Å²) in [6.07, 6.45) is 5.18. The number of hydrogen-bond acceptors (Lipinski definition) is 4. The maximum Gasteiger partial charge on any atom is 0.309 e. The predicted octanol–water partition coefficient (Wildman–Crippen LogP) is 0.398. The first-order chi connectivity index (χ1) is 20.4. The summed E-state index contributed by atoms with van der Waals surface area (Å²) in [5, 5.41) is 15.6. The first kappa shape index (κ1) is 30.8. The van der Waals surface area contributed by atoms with E-state index >= 15 is 0 Å². The maximum atomic E-state index is 7.82. The van der Waals surface area contributed by atoms with Crippen molar-refractivity contribution in [3.8, 4) is 23.6 Å². The fourth-order valence-corrected chi connectivity index (χ4v) is 3.79. The molecular weight excluding hydrogens is 528 g/mol. The zero-order valence-corrected chi connectivity index (χ0v) is 23.3. The van der Waals surface area contributed by atoms with E-state index in [0.29, 0.717) is 50.3 Å². The third kappa shape index (κ3) is 10.4. The van der Waals surface area contributed by atoms with Crippen LogP contribution in [-0.2, 0) is 0 Å². The first-order valence-corrected chi connectivity index (χ1v) is 13.3. The highest BCUT2D eigenvalue weighted by Crippen LogP contribution is 2.24. The van der Waals surface area contributed by atoms with Gasteiger partial charge in [-0.1, -0.05) is 59.1 Å². The molecule has 10 N–H and O–H groups in total. The molecule has 0 spiro atoms. The Balaban J connectivity index is 1.61. The third-order valence-electron chi connectivity index (χ3n) is 5.89. The second-order valence-corrected chi connectivity index (χ2v) is 9.10. The summed E-state index contributed by atoms with van der Waals surface area (Å²) >= 11 is 0. The molecule has 0 saturated heterocycles. The number of nitrogens with two attached hydrogens (primary N) is 4. The second-order valence-electron chi connectivity index (χ2n) is 9.10. The van der Waals surface area contributed by atoms with Crippen LogP contribution in [0, 0.1) is 12.1 Å². The van der Waals surface area contributed by atoms with Gasteiger partial charge in [-0.25, -0.2) is 0 Å². The predicted molar refractivity (Wildman–Crippen MR) is 166 cm³/mol. The van der Waals surface area contributed by atoms with Gasteiger partial charge in [0.1, 0.15) is 22.6 Å². The van der Waals surface area contributed by atoms with Crippen molar-refractivity contribution in [1.29, 1.82) is 0 Å². The van der Waals surface area contributed by atoms with Gasteiger partial charge in [0, 0.05) is 25.9 Å². The Hall–Kier alpha value is -5.74. The molecule has 0 fully saturated rings. The average Bonchev–Trinajstić information content (AvgIpc) is 2.99. The zero-order valence-electron chi connectivity index (χ0n) is 23.3. The number of nitrogens with zero attached hydrogens (tertiary/aromatic N) is 2. The van der Waals surface area contributed by atoms with Gasteiger partial charge in [0.05, 0.1) is 13.2 Å². The molecule has 0 bridgehead atoms. The molecule has 0 aliphatic heterocycles. The van der Waals surface area contributed by atoms with Crippen molar-refractivity contribution in [2.75, 3.05) is 26.3 Å². The fourth-order valence-electron chi connectivity index (χ4n) is 3.79. The maximum absolute atomic E-state index is 7.82. The molecule has 0 aliphatic rings. The minimum absolute atomic E-state index is 0.0756. The number of benzene rings is 3. The van der Waals surface area contributed by atoms with E-state index in [-0.39, 0.29) is 11.9 Å². The smallest absolute Gasteiger partial charge is 0.309 e. The van der Waals surface area contributed by atoms with Gasteiger partial charge in [0.2, 0.25) is 0 Å². The highest BCUT2D eigenvalue weighted by molar-refractivity contribution is 5.92. The SMILES string of the molecule is [NH+]#C/C(=C\c1ccc(OCCCN=C(N)N)cc1)c1ccc(/C(C#[NH+])=C/c2ccc(OCCCN=C(N)N)cc2)cc1. The van der Waals surface area contributed by atoms with Crippen LogP contribution < -0.4 is 42.9 Å². The van der Waals surface area contributed by atoms with Gasteiger partial charge in [-0.15, -0.1) is 0 Å². The Morgan fingerprint density at radius 3 is 1.26 bits per heavy atom. The van der Waals surface area contributed by atoms with Crippen molar-refractivity contribution in [1.82, 2.24) is 0 Å². The van der Waals surface area contributed by atoms with Crippen LogP contribution in [0.5, 0.6) is 11.5 Å². The summed E-state index contributed by atoms with van der Waals surface area (Å²) in [7, 11) is 0. The van der Waals surface area contributed by atoms with E-state index in [2.05, 4.69) is 22.1 Å². The van der Waals surface area contributed by atoms with Gasteiger partial charge in [-0.2, -0.15) is 0 Å². The van der Waals surface area contributed by atoms with Crippen LogP contribution in [0.3, 0.4) is 0 Å². The molecular formula is C32H36N8O2+2. The van der Waals surface area contributed by atoms with Crippen LogP contribution in [0.25, 0.3) is 23.3 Å². The minimum atomic E-state index is 0.0756. The molecule has 42 heavy (non-hydrogen) atoms. The van der Waals surface area contributed by atoms with Crippen molar-refractivity contribution in [3.63, 3.8) is 0 Å². The topological polar surface area (TPSA) is 195 Å². The van der Waals surface area contributed by atoms with E-state index in [4.69, 9.17) is 42.9 Å². The molecule has 3 rings (SSSR count). The quantitative estimate of drug-likeness (QED) is 0.0539. The first-order valence-electron chi connectivity index (χ1n) is 13.3. The normalized spacial score (nSPS) is 11.1. The third-order valence-corrected chi connectivity index (χ3v) is 5.89. The lowest BCUT2D eigenvalue weighted by Crippen LogP contribution is -2.23. The molecule has 3 aromatic rings. The standard InChI is InChI=1S/C32H34N8O2/c33-21-27(19-23-3-11-29(12-4-23)41-17-1-15-39-31(35)36)25-7-9-26(10-8-25)28(22-34)20-24-5-13-30(14-6-24)42-18-2-16-40-32(37)38/h3-14,19-20H,1-2,15-18H2,(H4,35,36,39)(H4,37,38,40)/p+2/b27-19+,28-20+. The Bertz CT molecular complexity index is 1380. The summed E-state index contributed by atoms with van der Waals surface area (Å²) in [6.45, 7) is 2.04.